The molecule has 0 unspecified atom stereocenters. The topological polar surface area (TPSA) is 81.1 Å². The van der Waals surface area contributed by atoms with Crippen molar-refractivity contribution in [2.75, 3.05) is 23.4 Å². The first-order valence-electron chi connectivity index (χ1n) is 6.00. The van der Waals surface area contributed by atoms with Crippen molar-refractivity contribution < 1.29 is 8.42 Å². The van der Waals surface area contributed by atoms with Gasteiger partial charge < -0.3 is 5.32 Å². The molecule has 1 rings (SSSR count). The molecule has 6 nitrogen and oxygen atoms in total. The number of aromatic nitrogens is 2. The van der Waals surface area contributed by atoms with Crippen LogP contribution >= 0.6 is 15.9 Å². The zero-order chi connectivity index (χ0) is 14.6. The Balaban J connectivity index is 2.82. The zero-order valence-electron chi connectivity index (χ0n) is 11.2. The van der Waals surface area contributed by atoms with E-state index >= 15 is 0 Å². The van der Waals surface area contributed by atoms with Gasteiger partial charge in [0.15, 0.2) is 9.84 Å². The van der Waals surface area contributed by atoms with Crippen LogP contribution in [0.15, 0.2) is 15.5 Å². The number of nitrogens with zero attached hydrogens (tertiary/aromatic N) is 2. The molecule has 0 bridgehead atoms. The standard InChI is InChI=1S/C11H18BrN3O3S/c1-4-19(17,18)6-5-13-9-7-14-15(8(2)3)11(16)10(9)12/h7-8,13H,4-6H2,1-3H3. The maximum atomic E-state index is 11.9. The van der Waals surface area contributed by atoms with Crippen LogP contribution in [0.3, 0.4) is 0 Å². The van der Waals surface area contributed by atoms with Gasteiger partial charge in [0.25, 0.3) is 5.56 Å². The molecule has 0 atom stereocenters. The maximum Gasteiger partial charge on any atom is 0.283 e. The number of anilines is 1. The number of nitrogens with one attached hydrogen (secondary N) is 1. The van der Waals surface area contributed by atoms with Gasteiger partial charge >= 0.3 is 0 Å². The molecular weight excluding hydrogens is 334 g/mol. The van der Waals surface area contributed by atoms with E-state index in [-0.39, 0.29) is 29.7 Å². The van der Waals surface area contributed by atoms with Gasteiger partial charge in [-0.1, -0.05) is 6.92 Å². The molecule has 0 aromatic carbocycles. The maximum absolute atomic E-state index is 11.9. The minimum atomic E-state index is -3.02. The summed E-state index contributed by atoms with van der Waals surface area (Å²) in [6, 6.07) is -0.0293. The second-order valence-corrected chi connectivity index (χ2v) is 7.64. The predicted molar refractivity (Wildman–Crippen MR) is 79.4 cm³/mol. The minimum Gasteiger partial charge on any atom is -0.382 e. The molecule has 0 aliphatic rings. The van der Waals surface area contributed by atoms with Gasteiger partial charge in [0.1, 0.15) is 4.47 Å². The lowest BCUT2D eigenvalue weighted by Gasteiger charge is -2.12. The fraction of sp³-hybridized carbons (Fsp3) is 0.636. The molecule has 1 N–H and O–H groups in total. The molecule has 8 heteroatoms. The molecule has 0 saturated carbocycles. The molecule has 19 heavy (non-hydrogen) atoms. The van der Waals surface area contributed by atoms with Crippen LogP contribution in [0, 0.1) is 0 Å². The molecule has 0 amide bonds. The van der Waals surface area contributed by atoms with Crippen LogP contribution in [0.1, 0.15) is 26.8 Å². The highest BCUT2D eigenvalue weighted by atomic mass is 79.9. The van der Waals surface area contributed by atoms with E-state index in [1.54, 1.807) is 6.92 Å². The van der Waals surface area contributed by atoms with Crippen molar-refractivity contribution in [3.05, 3.63) is 21.0 Å². The molecule has 0 spiro atoms. The summed E-state index contributed by atoms with van der Waals surface area (Å²) in [7, 11) is -3.02. The van der Waals surface area contributed by atoms with Crippen molar-refractivity contribution in [2.24, 2.45) is 0 Å². The van der Waals surface area contributed by atoms with Crippen molar-refractivity contribution in [1.29, 1.82) is 0 Å². The van der Waals surface area contributed by atoms with Crippen LogP contribution in [-0.4, -0.2) is 36.2 Å². The Bertz CT molecular complexity index is 596. The molecule has 0 saturated heterocycles. The van der Waals surface area contributed by atoms with Crippen LogP contribution in [0.2, 0.25) is 0 Å². The molecule has 108 valence electrons. The second-order valence-electron chi connectivity index (χ2n) is 4.38. The summed E-state index contributed by atoms with van der Waals surface area (Å²) in [6.07, 6.45) is 1.52. The van der Waals surface area contributed by atoms with E-state index in [0.717, 1.165) is 0 Å². The summed E-state index contributed by atoms with van der Waals surface area (Å²) in [6.45, 7) is 5.59. The van der Waals surface area contributed by atoms with Crippen LogP contribution in [0.5, 0.6) is 0 Å². The number of halogens is 1. The van der Waals surface area contributed by atoms with E-state index in [1.807, 2.05) is 13.8 Å². The Hall–Kier alpha value is -0.890. The average molecular weight is 352 g/mol. The highest BCUT2D eigenvalue weighted by molar-refractivity contribution is 9.10. The van der Waals surface area contributed by atoms with Crippen molar-refractivity contribution in [2.45, 2.75) is 26.8 Å². The first-order chi connectivity index (χ1) is 8.78. The zero-order valence-corrected chi connectivity index (χ0v) is 13.6. The van der Waals surface area contributed by atoms with E-state index in [9.17, 15) is 13.2 Å². The predicted octanol–water partition coefficient (Wildman–Crippen LogP) is 1.43. The molecule has 0 aliphatic heterocycles. The van der Waals surface area contributed by atoms with Gasteiger partial charge in [-0.2, -0.15) is 5.10 Å². The Morgan fingerprint density at radius 2 is 2.11 bits per heavy atom. The quantitative estimate of drug-likeness (QED) is 0.838. The largest absolute Gasteiger partial charge is 0.382 e. The third-order valence-corrected chi connectivity index (χ3v) is 5.07. The van der Waals surface area contributed by atoms with E-state index in [1.165, 1.54) is 10.9 Å². The van der Waals surface area contributed by atoms with E-state index in [2.05, 4.69) is 26.3 Å². The summed E-state index contributed by atoms with van der Waals surface area (Å²) in [5.41, 5.74) is 0.270. The van der Waals surface area contributed by atoms with Crippen LogP contribution in [0.25, 0.3) is 0 Å². The van der Waals surface area contributed by atoms with Gasteiger partial charge in [-0.25, -0.2) is 13.1 Å². The molecule has 1 aromatic rings. The first kappa shape index (κ1) is 16.2. The van der Waals surface area contributed by atoms with Crippen LogP contribution in [-0.2, 0) is 9.84 Å². The number of hydrogen-bond acceptors (Lipinski definition) is 5. The van der Waals surface area contributed by atoms with E-state index in [0.29, 0.717) is 10.2 Å². The third kappa shape index (κ3) is 4.31. The molecule has 0 aliphatic carbocycles. The van der Waals surface area contributed by atoms with Gasteiger partial charge in [-0.05, 0) is 29.8 Å². The first-order valence-corrected chi connectivity index (χ1v) is 8.61. The molecule has 1 heterocycles. The van der Waals surface area contributed by atoms with Gasteiger partial charge in [0.05, 0.1) is 23.7 Å². The summed E-state index contributed by atoms with van der Waals surface area (Å²) in [5, 5.41) is 6.94. The van der Waals surface area contributed by atoms with Gasteiger partial charge in [0.2, 0.25) is 0 Å². The lowest BCUT2D eigenvalue weighted by atomic mass is 10.4. The third-order valence-electron chi connectivity index (χ3n) is 2.60. The summed E-state index contributed by atoms with van der Waals surface area (Å²) in [5.74, 6) is 0.145. The summed E-state index contributed by atoms with van der Waals surface area (Å²) >= 11 is 3.21. The van der Waals surface area contributed by atoms with Gasteiger partial charge in [0, 0.05) is 12.3 Å². The monoisotopic (exact) mass is 351 g/mol. The normalized spacial score (nSPS) is 11.8. The van der Waals surface area contributed by atoms with Gasteiger partial charge in [-0.3, -0.25) is 4.79 Å². The molecule has 1 aromatic heterocycles. The SMILES string of the molecule is CCS(=O)(=O)CCNc1cnn(C(C)C)c(=O)c1Br. The van der Waals surface area contributed by atoms with Crippen LogP contribution < -0.4 is 10.9 Å². The highest BCUT2D eigenvalue weighted by Gasteiger charge is 2.12. The summed E-state index contributed by atoms with van der Waals surface area (Å²) in [4.78, 5) is 11.9. The number of sulfone groups is 1. The van der Waals surface area contributed by atoms with E-state index < -0.39 is 9.84 Å². The number of rotatable bonds is 6. The Morgan fingerprint density at radius 3 is 2.63 bits per heavy atom. The molecular formula is C11H18BrN3O3S. The fourth-order valence-electron chi connectivity index (χ4n) is 1.42. The smallest absolute Gasteiger partial charge is 0.283 e. The summed E-state index contributed by atoms with van der Waals surface area (Å²) < 4.78 is 24.4. The van der Waals surface area contributed by atoms with Crippen molar-refractivity contribution >= 4 is 31.5 Å². The molecule has 0 radical (unpaired) electrons. The lowest BCUT2D eigenvalue weighted by Crippen LogP contribution is -2.26. The fourth-order valence-corrected chi connectivity index (χ4v) is 2.55. The Labute approximate surface area is 121 Å². The number of hydrogen-bond donors (Lipinski definition) is 1. The molecule has 0 fully saturated rings. The van der Waals surface area contributed by atoms with Crippen molar-refractivity contribution in [3.63, 3.8) is 0 Å². The van der Waals surface area contributed by atoms with E-state index in [4.69, 9.17) is 0 Å². The minimum absolute atomic E-state index is 0.0293. The Kier molecular flexibility index (Phi) is 5.54. The average Bonchev–Trinajstić information content (AvgIpc) is 2.34. The van der Waals surface area contributed by atoms with Crippen LogP contribution in [0.4, 0.5) is 5.69 Å². The lowest BCUT2D eigenvalue weighted by molar-refractivity contribution is 0.501. The highest BCUT2D eigenvalue weighted by Crippen LogP contribution is 2.16. The van der Waals surface area contributed by atoms with Crippen molar-refractivity contribution in [1.82, 2.24) is 9.78 Å². The van der Waals surface area contributed by atoms with Gasteiger partial charge in [-0.15, -0.1) is 0 Å². The second kappa shape index (κ2) is 6.51. The van der Waals surface area contributed by atoms with Crippen molar-refractivity contribution in [3.8, 4) is 0 Å². The Morgan fingerprint density at radius 1 is 1.47 bits per heavy atom.